The van der Waals surface area contributed by atoms with Crippen molar-refractivity contribution in [2.45, 2.75) is 11.9 Å². The van der Waals surface area contributed by atoms with Crippen LogP contribution in [0.4, 0.5) is 5.69 Å². The molecule has 0 atom stereocenters. The normalized spacial score (nSPS) is 11.3. The van der Waals surface area contributed by atoms with Crippen molar-refractivity contribution in [2.75, 3.05) is 11.3 Å². The molecule has 0 bridgehead atoms. The molecule has 0 saturated heterocycles. The molecule has 0 unspecified atom stereocenters. The van der Waals surface area contributed by atoms with Gasteiger partial charge in [0.1, 0.15) is 5.75 Å². The van der Waals surface area contributed by atoms with E-state index in [0.29, 0.717) is 18.0 Å². The Bertz CT molecular complexity index is 666. The molecule has 0 fully saturated rings. The molecule has 0 spiro atoms. The monoisotopic (exact) mass is 282 g/mol. The summed E-state index contributed by atoms with van der Waals surface area (Å²) in [7, 11) is -2.16. The molecule has 0 aliphatic carbocycles. The Hall–Kier alpha value is -2.09. The van der Waals surface area contributed by atoms with E-state index >= 15 is 0 Å². The summed E-state index contributed by atoms with van der Waals surface area (Å²) >= 11 is 0. The van der Waals surface area contributed by atoms with E-state index in [4.69, 9.17) is 4.74 Å². The molecule has 1 heterocycles. The number of aryl methyl sites for hydroxylation is 1. The van der Waals surface area contributed by atoms with Crippen LogP contribution in [0.5, 0.6) is 5.75 Å². The van der Waals surface area contributed by atoms with Gasteiger partial charge in [-0.25, -0.2) is 0 Å². The van der Waals surface area contributed by atoms with Crippen molar-refractivity contribution in [1.82, 2.24) is 15.0 Å². The summed E-state index contributed by atoms with van der Waals surface area (Å²) in [4.78, 5) is 0. The minimum atomic E-state index is -3.76. The van der Waals surface area contributed by atoms with Gasteiger partial charge in [-0.05, 0) is 19.1 Å². The van der Waals surface area contributed by atoms with Gasteiger partial charge in [0.15, 0.2) is 0 Å². The van der Waals surface area contributed by atoms with E-state index in [1.54, 1.807) is 31.3 Å². The van der Waals surface area contributed by atoms with Crippen molar-refractivity contribution in [1.29, 1.82) is 0 Å². The van der Waals surface area contributed by atoms with Crippen LogP contribution in [0.1, 0.15) is 6.92 Å². The molecule has 1 aromatic heterocycles. The second kappa shape index (κ2) is 5.27. The minimum Gasteiger partial charge on any atom is -0.492 e. The van der Waals surface area contributed by atoms with Gasteiger partial charge in [-0.1, -0.05) is 17.3 Å². The highest BCUT2D eigenvalue weighted by molar-refractivity contribution is 7.92. The fourth-order valence-corrected chi connectivity index (χ4v) is 2.48. The van der Waals surface area contributed by atoms with Crippen molar-refractivity contribution in [3.8, 4) is 5.75 Å². The molecule has 0 saturated carbocycles. The standard InChI is InChI=1S/C11H14N4O3S/c1-3-18-10-7-5-4-6-9(10)13-19(16,17)11-8-15(2)14-12-11/h4-8,13H,3H2,1-2H3. The molecule has 0 amide bonds. The fourth-order valence-electron chi connectivity index (χ4n) is 1.48. The highest BCUT2D eigenvalue weighted by Gasteiger charge is 2.19. The van der Waals surface area contributed by atoms with Gasteiger partial charge in [0.05, 0.1) is 18.5 Å². The molecule has 102 valence electrons. The van der Waals surface area contributed by atoms with Crippen LogP contribution >= 0.6 is 0 Å². The Balaban J connectivity index is 2.30. The van der Waals surface area contributed by atoms with Gasteiger partial charge in [0.25, 0.3) is 10.0 Å². The molecule has 0 aliphatic rings. The number of hydrogen-bond acceptors (Lipinski definition) is 5. The largest absolute Gasteiger partial charge is 0.492 e. The van der Waals surface area contributed by atoms with Crippen LogP contribution in [0.3, 0.4) is 0 Å². The first-order valence-corrected chi connectivity index (χ1v) is 7.12. The first-order chi connectivity index (χ1) is 9.03. The zero-order valence-electron chi connectivity index (χ0n) is 10.6. The van der Waals surface area contributed by atoms with Gasteiger partial charge in [-0.3, -0.25) is 9.40 Å². The topological polar surface area (TPSA) is 86.1 Å². The summed E-state index contributed by atoms with van der Waals surface area (Å²) in [6.45, 7) is 2.28. The fraction of sp³-hybridized carbons (Fsp3) is 0.273. The Morgan fingerprint density at radius 2 is 2.11 bits per heavy atom. The predicted molar refractivity (Wildman–Crippen MR) is 69.4 cm³/mol. The second-order valence-electron chi connectivity index (χ2n) is 3.77. The third-order valence-corrected chi connectivity index (χ3v) is 3.51. The zero-order valence-corrected chi connectivity index (χ0v) is 11.4. The maximum Gasteiger partial charge on any atom is 0.283 e. The van der Waals surface area contributed by atoms with Crippen LogP contribution in [0, 0.1) is 0 Å². The van der Waals surface area contributed by atoms with Crippen molar-refractivity contribution < 1.29 is 13.2 Å². The van der Waals surface area contributed by atoms with Crippen LogP contribution in [-0.2, 0) is 17.1 Å². The van der Waals surface area contributed by atoms with E-state index in [2.05, 4.69) is 15.0 Å². The molecule has 0 radical (unpaired) electrons. The van der Waals surface area contributed by atoms with Crippen LogP contribution < -0.4 is 9.46 Å². The molecule has 7 nitrogen and oxygen atoms in total. The number of rotatable bonds is 5. The lowest BCUT2D eigenvalue weighted by Crippen LogP contribution is -2.14. The lowest BCUT2D eigenvalue weighted by Gasteiger charge is -2.11. The van der Waals surface area contributed by atoms with E-state index in [1.807, 2.05) is 6.92 Å². The van der Waals surface area contributed by atoms with Crippen LogP contribution in [0.2, 0.25) is 0 Å². The molecule has 1 N–H and O–H groups in total. The maximum atomic E-state index is 12.1. The van der Waals surface area contributed by atoms with Gasteiger partial charge >= 0.3 is 0 Å². The predicted octanol–water partition coefficient (Wildman–Crippen LogP) is 1.01. The van der Waals surface area contributed by atoms with E-state index in [0.717, 1.165) is 0 Å². The average molecular weight is 282 g/mol. The third-order valence-electron chi connectivity index (χ3n) is 2.29. The number of para-hydroxylation sites is 2. The zero-order chi connectivity index (χ0) is 13.9. The summed E-state index contributed by atoms with van der Waals surface area (Å²) in [5.41, 5.74) is 0.370. The molecule has 2 aromatic rings. The van der Waals surface area contributed by atoms with Crippen LogP contribution in [-0.4, -0.2) is 30.0 Å². The number of nitrogens with zero attached hydrogens (tertiary/aromatic N) is 3. The van der Waals surface area contributed by atoms with Crippen molar-refractivity contribution in [3.05, 3.63) is 30.5 Å². The number of sulfonamides is 1. The first-order valence-electron chi connectivity index (χ1n) is 5.64. The van der Waals surface area contributed by atoms with Gasteiger partial charge in [0.2, 0.25) is 5.03 Å². The third kappa shape index (κ3) is 3.02. The van der Waals surface area contributed by atoms with Crippen LogP contribution in [0.15, 0.2) is 35.5 Å². The van der Waals surface area contributed by atoms with Gasteiger partial charge in [0, 0.05) is 7.05 Å². The van der Waals surface area contributed by atoms with Gasteiger partial charge < -0.3 is 4.74 Å². The molecule has 1 aromatic carbocycles. The number of nitrogens with one attached hydrogen (secondary N) is 1. The Morgan fingerprint density at radius 1 is 1.37 bits per heavy atom. The quantitative estimate of drug-likeness (QED) is 0.884. The number of benzene rings is 1. The highest BCUT2D eigenvalue weighted by atomic mass is 32.2. The van der Waals surface area contributed by atoms with E-state index in [-0.39, 0.29) is 5.03 Å². The lowest BCUT2D eigenvalue weighted by molar-refractivity contribution is 0.342. The van der Waals surface area contributed by atoms with Gasteiger partial charge in [-0.2, -0.15) is 8.42 Å². The molecular formula is C11H14N4O3S. The van der Waals surface area contributed by atoms with Crippen molar-refractivity contribution >= 4 is 15.7 Å². The second-order valence-corrected chi connectivity index (χ2v) is 5.39. The first kappa shape index (κ1) is 13.3. The van der Waals surface area contributed by atoms with Crippen molar-refractivity contribution in [3.63, 3.8) is 0 Å². The molecule has 19 heavy (non-hydrogen) atoms. The molecule has 2 rings (SSSR count). The Morgan fingerprint density at radius 3 is 2.74 bits per heavy atom. The number of aromatic nitrogens is 3. The van der Waals surface area contributed by atoms with E-state index < -0.39 is 10.0 Å². The Kier molecular flexibility index (Phi) is 3.70. The van der Waals surface area contributed by atoms with Crippen LogP contribution in [0.25, 0.3) is 0 Å². The molecule has 8 heteroatoms. The number of hydrogen-bond donors (Lipinski definition) is 1. The summed E-state index contributed by atoms with van der Waals surface area (Å²) in [6, 6.07) is 6.80. The van der Waals surface area contributed by atoms with E-state index in [1.165, 1.54) is 10.9 Å². The summed E-state index contributed by atoms with van der Waals surface area (Å²) in [5.74, 6) is 0.470. The Labute approximate surface area is 111 Å². The smallest absolute Gasteiger partial charge is 0.283 e. The number of anilines is 1. The van der Waals surface area contributed by atoms with Crippen molar-refractivity contribution in [2.24, 2.45) is 7.05 Å². The molecular weight excluding hydrogens is 268 g/mol. The lowest BCUT2D eigenvalue weighted by atomic mass is 10.3. The maximum absolute atomic E-state index is 12.1. The number of ether oxygens (including phenoxy) is 1. The van der Waals surface area contributed by atoms with E-state index in [9.17, 15) is 8.42 Å². The highest BCUT2D eigenvalue weighted by Crippen LogP contribution is 2.25. The SMILES string of the molecule is CCOc1ccccc1NS(=O)(=O)c1cn(C)nn1. The average Bonchev–Trinajstić information content (AvgIpc) is 2.79. The molecule has 0 aliphatic heterocycles. The van der Waals surface area contributed by atoms with Gasteiger partial charge in [-0.15, -0.1) is 5.10 Å². The summed E-state index contributed by atoms with van der Waals surface area (Å²) in [5, 5.41) is 7.04. The minimum absolute atomic E-state index is 0.138. The summed E-state index contributed by atoms with van der Waals surface area (Å²) in [6.07, 6.45) is 1.33. The summed E-state index contributed by atoms with van der Waals surface area (Å²) < 4.78 is 33.3.